The number of amides is 2. The third-order valence-electron chi connectivity index (χ3n) is 3.58. The molecule has 0 atom stereocenters. The van der Waals surface area contributed by atoms with Crippen LogP contribution >= 0.6 is 0 Å². The maximum atomic E-state index is 11.4. The zero-order valence-electron chi connectivity index (χ0n) is 13.9. The predicted octanol–water partition coefficient (Wildman–Crippen LogP) is 2.24. The van der Waals surface area contributed by atoms with Crippen molar-refractivity contribution in [2.45, 2.75) is 6.42 Å². The maximum Gasteiger partial charge on any atom is 0.407 e. The van der Waals surface area contributed by atoms with Gasteiger partial charge in [0.1, 0.15) is 0 Å². The van der Waals surface area contributed by atoms with Gasteiger partial charge in [-0.3, -0.25) is 4.79 Å². The Hall–Kier alpha value is -3.33. The highest BCUT2D eigenvalue weighted by molar-refractivity contribution is 5.79. The van der Waals surface area contributed by atoms with Crippen LogP contribution in [-0.2, 0) is 16.0 Å². The largest absolute Gasteiger partial charge is 0.439 e. The van der Waals surface area contributed by atoms with Gasteiger partial charge in [-0.05, 0) is 35.2 Å². The average molecular weight is 337 g/mol. The fraction of sp³-hybridized carbons (Fsp3) is 0.211. The maximum absolute atomic E-state index is 11.4. The molecule has 2 aromatic rings. The molecule has 2 aromatic carbocycles. The molecule has 2 N–H and O–H groups in total. The number of alkyl carbamates (subject to hydrolysis) is 1. The molecule has 0 aliphatic heterocycles. The highest BCUT2D eigenvalue weighted by atomic mass is 16.6. The van der Waals surface area contributed by atoms with Gasteiger partial charge in [0.05, 0.1) is 11.6 Å². The molecule has 0 spiro atoms. The third-order valence-corrected chi connectivity index (χ3v) is 3.58. The number of nitrogens with zero attached hydrogens (tertiary/aromatic N) is 1. The topological polar surface area (TPSA) is 91.2 Å². The van der Waals surface area contributed by atoms with Crippen molar-refractivity contribution in [2.75, 3.05) is 20.2 Å². The van der Waals surface area contributed by atoms with Crippen LogP contribution in [0.4, 0.5) is 4.79 Å². The summed E-state index contributed by atoms with van der Waals surface area (Å²) in [5, 5.41) is 13.9. The average Bonchev–Trinajstić information content (AvgIpc) is 2.66. The molecule has 25 heavy (non-hydrogen) atoms. The molecule has 0 bridgehead atoms. The molecule has 0 aliphatic rings. The fourth-order valence-electron chi connectivity index (χ4n) is 2.20. The van der Waals surface area contributed by atoms with E-state index in [0.717, 1.165) is 16.7 Å². The summed E-state index contributed by atoms with van der Waals surface area (Å²) in [4.78, 5) is 22.4. The lowest BCUT2D eigenvalue weighted by molar-refractivity contribution is -0.123. The van der Waals surface area contributed by atoms with Gasteiger partial charge in [-0.25, -0.2) is 4.79 Å². The summed E-state index contributed by atoms with van der Waals surface area (Å²) in [7, 11) is 1.48. The van der Waals surface area contributed by atoms with E-state index in [0.29, 0.717) is 18.5 Å². The van der Waals surface area contributed by atoms with Crippen LogP contribution in [0.1, 0.15) is 11.1 Å². The SMILES string of the molecule is CNC(=O)COC(=O)NCCc1ccc(-c2cccc(C#N)c2)cc1. The van der Waals surface area contributed by atoms with E-state index in [4.69, 9.17) is 10.00 Å². The molecule has 0 saturated heterocycles. The smallest absolute Gasteiger partial charge is 0.407 e. The van der Waals surface area contributed by atoms with E-state index < -0.39 is 6.09 Å². The summed E-state index contributed by atoms with van der Waals surface area (Å²) in [5.74, 6) is -0.355. The van der Waals surface area contributed by atoms with Crippen LogP contribution in [0, 0.1) is 11.3 Å². The van der Waals surface area contributed by atoms with Crippen LogP contribution in [0.5, 0.6) is 0 Å². The van der Waals surface area contributed by atoms with Gasteiger partial charge in [0.2, 0.25) is 0 Å². The molecule has 0 aliphatic carbocycles. The summed E-state index contributed by atoms with van der Waals surface area (Å²) in [6.45, 7) is 0.120. The summed E-state index contributed by atoms with van der Waals surface area (Å²) >= 11 is 0. The highest BCUT2D eigenvalue weighted by Crippen LogP contribution is 2.20. The Labute approximate surface area is 146 Å². The van der Waals surface area contributed by atoms with E-state index in [1.165, 1.54) is 7.05 Å². The Morgan fingerprint density at radius 1 is 1.12 bits per heavy atom. The summed E-state index contributed by atoms with van der Waals surface area (Å²) in [6, 6.07) is 17.5. The quantitative estimate of drug-likeness (QED) is 0.846. The number of ether oxygens (including phenoxy) is 1. The second-order valence-electron chi connectivity index (χ2n) is 5.32. The van der Waals surface area contributed by atoms with Crippen molar-refractivity contribution in [3.8, 4) is 17.2 Å². The van der Waals surface area contributed by atoms with Gasteiger partial charge in [0, 0.05) is 13.6 Å². The number of hydrogen-bond acceptors (Lipinski definition) is 4. The van der Waals surface area contributed by atoms with E-state index in [2.05, 4.69) is 16.7 Å². The van der Waals surface area contributed by atoms with Gasteiger partial charge < -0.3 is 15.4 Å². The number of carbonyl (C=O) groups is 2. The predicted molar refractivity (Wildman–Crippen MR) is 93.7 cm³/mol. The van der Waals surface area contributed by atoms with Crippen LogP contribution in [0.2, 0.25) is 0 Å². The van der Waals surface area contributed by atoms with E-state index in [1.54, 1.807) is 6.07 Å². The minimum absolute atomic E-state index is 0.293. The van der Waals surface area contributed by atoms with Gasteiger partial charge in [-0.15, -0.1) is 0 Å². The lowest BCUT2D eigenvalue weighted by atomic mass is 10.0. The van der Waals surface area contributed by atoms with E-state index in [9.17, 15) is 9.59 Å². The third kappa shape index (κ3) is 5.66. The number of carbonyl (C=O) groups excluding carboxylic acids is 2. The molecule has 0 radical (unpaired) electrons. The van der Waals surface area contributed by atoms with Crippen molar-refractivity contribution in [1.82, 2.24) is 10.6 Å². The second-order valence-corrected chi connectivity index (χ2v) is 5.32. The van der Waals surface area contributed by atoms with Gasteiger partial charge in [-0.1, -0.05) is 36.4 Å². The molecule has 2 rings (SSSR count). The first-order valence-electron chi connectivity index (χ1n) is 7.83. The van der Waals surface area contributed by atoms with Crippen molar-refractivity contribution in [2.24, 2.45) is 0 Å². The Bertz CT molecular complexity index is 779. The highest BCUT2D eigenvalue weighted by Gasteiger charge is 2.05. The number of rotatable bonds is 6. The van der Waals surface area contributed by atoms with Crippen molar-refractivity contribution in [3.63, 3.8) is 0 Å². The van der Waals surface area contributed by atoms with E-state index >= 15 is 0 Å². The Kier molecular flexibility index (Phi) is 6.55. The normalized spacial score (nSPS) is 9.76. The summed E-state index contributed by atoms with van der Waals surface area (Å²) in [5.41, 5.74) is 3.70. The molecule has 0 unspecified atom stereocenters. The number of likely N-dealkylation sites (N-methyl/N-ethyl adjacent to an activating group) is 1. The van der Waals surface area contributed by atoms with Gasteiger partial charge >= 0.3 is 6.09 Å². The number of nitriles is 1. The van der Waals surface area contributed by atoms with Crippen LogP contribution in [0.25, 0.3) is 11.1 Å². The van der Waals surface area contributed by atoms with Crippen molar-refractivity contribution in [3.05, 3.63) is 59.7 Å². The monoisotopic (exact) mass is 337 g/mol. The lowest BCUT2D eigenvalue weighted by Gasteiger charge is -2.07. The van der Waals surface area contributed by atoms with Crippen LogP contribution < -0.4 is 10.6 Å². The molecule has 128 valence electrons. The second kappa shape index (κ2) is 9.08. The van der Waals surface area contributed by atoms with Crippen LogP contribution in [0.3, 0.4) is 0 Å². The van der Waals surface area contributed by atoms with Crippen molar-refractivity contribution < 1.29 is 14.3 Å². The van der Waals surface area contributed by atoms with Crippen LogP contribution in [0.15, 0.2) is 48.5 Å². The first kappa shape index (κ1) is 18.0. The molecule has 6 nitrogen and oxygen atoms in total. The Morgan fingerprint density at radius 2 is 1.88 bits per heavy atom. The zero-order valence-corrected chi connectivity index (χ0v) is 13.9. The molecule has 6 heteroatoms. The summed E-state index contributed by atoms with van der Waals surface area (Å²) in [6.07, 6.45) is 0.0293. The molecule has 2 amide bonds. The molecular weight excluding hydrogens is 318 g/mol. The van der Waals surface area contributed by atoms with Gasteiger partial charge in [0.25, 0.3) is 5.91 Å². The van der Waals surface area contributed by atoms with E-state index in [1.807, 2.05) is 42.5 Å². The van der Waals surface area contributed by atoms with Crippen LogP contribution in [-0.4, -0.2) is 32.2 Å². The van der Waals surface area contributed by atoms with Gasteiger partial charge in [-0.2, -0.15) is 5.26 Å². The zero-order chi connectivity index (χ0) is 18.1. The fourth-order valence-corrected chi connectivity index (χ4v) is 2.20. The molecule has 0 heterocycles. The number of hydrogen-bond donors (Lipinski definition) is 2. The molecular formula is C19H19N3O3. The van der Waals surface area contributed by atoms with E-state index in [-0.39, 0.29) is 12.5 Å². The van der Waals surface area contributed by atoms with Crippen molar-refractivity contribution >= 4 is 12.0 Å². The standard InChI is InChI=1S/C19H19N3O3/c1-21-18(23)13-25-19(24)22-10-9-14-5-7-16(8-6-14)17-4-2-3-15(11-17)12-20/h2-8,11H,9-10,13H2,1H3,(H,21,23)(H,22,24). The number of benzene rings is 2. The molecule has 0 fully saturated rings. The first-order valence-corrected chi connectivity index (χ1v) is 7.83. The number of nitrogens with one attached hydrogen (secondary N) is 2. The summed E-state index contributed by atoms with van der Waals surface area (Å²) < 4.78 is 4.74. The van der Waals surface area contributed by atoms with Crippen molar-refractivity contribution in [1.29, 1.82) is 5.26 Å². The lowest BCUT2D eigenvalue weighted by Crippen LogP contribution is -2.31. The minimum atomic E-state index is -0.617. The molecule has 0 aromatic heterocycles. The minimum Gasteiger partial charge on any atom is -0.439 e. The molecule has 0 saturated carbocycles. The Morgan fingerprint density at radius 3 is 2.56 bits per heavy atom. The van der Waals surface area contributed by atoms with Gasteiger partial charge in [0.15, 0.2) is 6.61 Å². The first-order chi connectivity index (χ1) is 12.1. The Balaban J connectivity index is 1.83.